The van der Waals surface area contributed by atoms with Crippen molar-refractivity contribution in [3.05, 3.63) is 33.3 Å². The van der Waals surface area contributed by atoms with Crippen molar-refractivity contribution in [2.75, 3.05) is 6.61 Å². The molecule has 0 aliphatic heterocycles. The number of aliphatic hydroxyl groups is 1. The molecule has 1 aliphatic carbocycles. The van der Waals surface area contributed by atoms with Gasteiger partial charge >= 0.3 is 0 Å². The van der Waals surface area contributed by atoms with Crippen molar-refractivity contribution in [1.82, 2.24) is 5.32 Å². The Labute approximate surface area is 126 Å². The highest BCUT2D eigenvalue weighted by atomic mass is 79.9. The molecule has 0 spiro atoms. The van der Waals surface area contributed by atoms with Gasteiger partial charge in [0, 0.05) is 9.50 Å². The zero-order chi connectivity index (χ0) is 13.9. The van der Waals surface area contributed by atoms with Gasteiger partial charge in [0.1, 0.15) is 0 Å². The van der Waals surface area contributed by atoms with E-state index in [0.717, 1.165) is 25.7 Å². The fraction of sp³-hybridized carbons (Fsp3) is 0.500. The smallest absolute Gasteiger partial charge is 0.252 e. The van der Waals surface area contributed by atoms with Gasteiger partial charge in [0.2, 0.25) is 0 Å². The lowest BCUT2D eigenvalue weighted by Crippen LogP contribution is -2.52. The Balaban J connectivity index is 2.15. The van der Waals surface area contributed by atoms with Gasteiger partial charge in [-0.25, -0.2) is 0 Å². The van der Waals surface area contributed by atoms with E-state index in [4.69, 9.17) is 11.6 Å². The Morgan fingerprint density at radius 1 is 1.37 bits per heavy atom. The Bertz CT molecular complexity index is 473. The van der Waals surface area contributed by atoms with Crippen LogP contribution in [-0.4, -0.2) is 23.2 Å². The van der Waals surface area contributed by atoms with Gasteiger partial charge < -0.3 is 10.4 Å². The van der Waals surface area contributed by atoms with Crippen molar-refractivity contribution in [2.24, 2.45) is 0 Å². The number of carbonyl (C=O) groups excluding carboxylic acids is 1. The molecule has 0 atom stereocenters. The van der Waals surface area contributed by atoms with Crippen LogP contribution in [-0.2, 0) is 0 Å². The predicted octanol–water partition coefficient (Wildman–Crippen LogP) is 3.53. The molecule has 0 aromatic heterocycles. The lowest BCUT2D eigenvalue weighted by molar-refractivity contribution is 0.0758. The van der Waals surface area contributed by atoms with Crippen LogP contribution < -0.4 is 5.32 Å². The van der Waals surface area contributed by atoms with Crippen molar-refractivity contribution in [3.8, 4) is 0 Å². The minimum atomic E-state index is -0.464. The number of halogens is 2. The summed E-state index contributed by atoms with van der Waals surface area (Å²) in [5.74, 6) is -0.167. The first-order valence-corrected chi connectivity index (χ1v) is 7.62. The quantitative estimate of drug-likeness (QED) is 0.879. The molecule has 3 nitrogen and oxygen atoms in total. The molecule has 1 aromatic carbocycles. The summed E-state index contributed by atoms with van der Waals surface area (Å²) in [7, 11) is 0. The fourth-order valence-electron chi connectivity index (χ4n) is 2.53. The standard InChI is InChI=1S/C14H17BrClNO2/c15-12-8-10(16)4-5-11(12)13(19)17-14(9-18)6-2-1-3-7-14/h4-5,8,18H,1-3,6-7,9H2,(H,17,19). The lowest BCUT2D eigenvalue weighted by atomic mass is 9.82. The minimum absolute atomic E-state index is 0.00997. The zero-order valence-electron chi connectivity index (χ0n) is 10.6. The van der Waals surface area contributed by atoms with Gasteiger partial charge in [0.15, 0.2) is 0 Å². The van der Waals surface area contributed by atoms with E-state index in [0.29, 0.717) is 15.1 Å². The van der Waals surface area contributed by atoms with E-state index in [1.54, 1.807) is 18.2 Å². The summed E-state index contributed by atoms with van der Waals surface area (Å²) in [6.07, 6.45) is 4.93. The molecule has 1 amide bonds. The van der Waals surface area contributed by atoms with Gasteiger partial charge in [-0.15, -0.1) is 0 Å². The number of hydrogen-bond donors (Lipinski definition) is 2. The van der Waals surface area contributed by atoms with Crippen LogP contribution in [0.1, 0.15) is 42.5 Å². The van der Waals surface area contributed by atoms with Crippen molar-refractivity contribution < 1.29 is 9.90 Å². The van der Waals surface area contributed by atoms with Gasteiger partial charge in [-0.3, -0.25) is 4.79 Å². The zero-order valence-corrected chi connectivity index (χ0v) is 12.9. The maximum Gasteiger partial charge on any atom is 0.252 e. The largest absolute Gasteiger partial charge is 0.394 e. The van der Waals surface area contributed by atoms with Gasteiger partial charge in [0.05, 0.1) is 17.7 Å². The van der Waals surface area contributed by atoms with E-state index in [9.17, 15) is 9.90 Å². The SMILES string of the molecule is O=C(NC1(CO)CCCCC1)c1ccc(Cl)cc1Br. The minimum Gasteiger partial charge on any atom is -0.394 e. The first-order chi connectivity index (χ1) is 9.06. The molecule has 1 aromatic rings. The third kappa shape index (κ3) is 3.50. The normalized spacial score (nSPS) is 18.1. The summed E-state index contributed by atoms with van der Waals surface area (Å²) in [4.78, 5) is 12.3. The molecular formula is C14H17BrClNO2. The van der Waals surface area contributed by atoms with Gasteiger partial charge in [0.25, 0.3) is 5.91 Å². The van der Waals surface area contributed by atoms with Crippen molar-refractivity contribution in [3.63, 3.8) is 0 Å². The molecular weight excluding hydrogens is 330 g/mol. The molecule has 2 rings (SSSR count). The summed E-state index contributed by atoms with van der Waals surface area (Å²) in [5, 5.41) is 13.2. The van der Waals surface area contributed by atoms with Crippen molar-refractivity contribution >= 4 is 33.4 Å². The summed E-state index contributed by atoms with van der Waals surface area (Å²) < 4.78 is 0.668. The molecule has 1 aliphatic rings. The number of rotatable bonds is 3. The third-order valence-electron chi connectivity index (χ3n) is 3.67. The second kappa shape index (κ2) is 6.25. The molecule has 5 heteroatoms. The number of amides is 1. The van der Waals surface area contributed by atoms with Gasteiger partial charge in [-0.1, -0.05) is 30.9 Å². The maximum absolute atomic E-state index is 12.3. The summed E-state index contributed by atoms with van der Waals surface area (Å²) in [6, 6.07) is 5.08. The van der Waals surface area contributed by atoms with E-state index in [1.807, 2.05) is 0 Å². The van der Waals surface area contributed by atoms with Crippen LogP contribution in [0.3, 0.4) is 0 Å². The number of hydrogen-bond acceptors (Lipinski definition) is 2. The van der Waals surface area contributed by atoms with Crippen LogP contribution in [0.2, 0.25) is 5.02 Å². The summed E-state index contributed by atoms with van der Waals surface area (Å²) in [6.45, 7) is -0.00997. The average Bonchev–Trinajstić information content (AvgIpc) is 2.39. The predicted molar refractivity (Wildman–Crippen MR) is 79.5 cm³/mol. The lowest BCUT2D eigenvalue weighted by Gasteiger charge is -2.36. The monoisotopic (exact) mass is 345 g/mol. The molecule has 0 saturated heterocycles. The Hall–Kier alpha value is -0.580. The highest BCUT2D eigenvalue weighted by Gasteiger charge is 2.33. The fourth-order valence-corrected chi connectivity index (χ4v) is 3.40. The first-order valence-electron chi connectivity index (χ1n) is 6.45. The third-order valence-corrected chi connectivity index (χ3v) is 4.56. The molecule has 0 bridgehead atoms. The highest BCUT2D eigenvalue weighted by molar-refractivity contribution is 9.10. The Kier molecular flexibility index (Phi) is 4.87. The van der Waals surface area contributed by atoms with Crippen LogP contribution >= 0.6 is 27.5 Å². The van der Waals surface area contributed by atoms with E-state index in [-0.39, 0.29) is 12.5 Å². The van der Waals surface area contributed by atoms with E-state index in [1.165, 1.54) is 6.42 Å². The summed E-state index contributed by atoms with van der Waals surface area (Å²) >= 11 is 9.21. The van der Waals surface area contributed by atoms with Crippen LogP contribution in [0.5, 0.6) is 0 Å². The molecule has 0 heterocycles. The molecule has 0 unspecified atom stereocenters. The van der Waals surface area contributed by atoms with E-state index >= 15 is 0 Å². The Morgan fingerprint density at radius 2 is 2.05 bits per heavy atom. The van der Waals surface area contributed by atoms with Crippen LogP contribution in [0.15, 0.2) is 22.7 Å². The topological polar surface area (TPSA) is 49.3 Å². The molecule has 1 saturated carbocycles. The second-order valence-electron chi connectivity index (χ2n) is 5.08. The van der Waals surface area contributed by atoms with Crippen molar-refractivity contribution in [1.29, 1.82) is 0 Å². The molecule has 2 N–H and O–H groups in total. The average molecular weight is 347 g/mol. The highest BCUT2D eigenvalue weighted by Crippen LogP contribution is 2.29. The van der Waals surface area contributed by atoms with E-state index in [2.05, 4.69) is 21.2 Å². The molecule has 19 heavy (non-hydrogen) atoms. The van der Waals surface area contributed by atoms with E-state index < -0.39 is 5.54 Å². The van der Waals surface area contributed by atoms with Crippen LogP contribution in [0.4, 0.5) is 0 Å². The van der Waals surface area contributed by atoms with Crippen molar-refractivity contribution in [2.45, 2.75) is 37.6 Å². The van der Waals surface area contributed by atoms with Crippen LogP contribution in [0.25, 0.3) is 0 Å². The maximum atomic E-state index is 12.3. The Morgan fingerprint density at radius 3 is 2.63 bits per heavy atom. The molecule has 0 radical (unpaired) electrons. The number of benzene rings is 1. The van der Waals surface area contributed by atoms with Crippen LogP contribution in [0, 0.1) is 0 Å². The summed E-state index contributed by atoms with van der Waals surface area (Å²) in [5.41, 5.74) is 0.0804. The molecule has 104 valence electrons. The van der Waals surface area contributed by atoms with Gasteiger partial charge in [-0.05, 0) is 47.0 Å². The van der Waals surface area contributed by atoms with Gasteiger partial charge in [-0.2, -0.15) is 0 Å². The first kappa shape index (κ1) is 14.8. The number of aliphatic hydroxyl groups excluding tert-OH is 1. The molecule has 1 fully saturated rings. The second-order valence-corrected chi connectivity index (χ2v) is 6.37. The number of nitrogens with one attached hydrogen (secondary N) is 1. The number of carbonyl (C=O) groups is 1.